The van der Waals surface area contributed by atoms with Crippen molar-refractivity contribution in [3.63, 3.8) is 0 Å². The second kappa shape index (κ2) is 73.8. The number of hydrogen-bond acceptors (Lipinski definition) is 15. The van der Waals surface area contributed by atoms with Crippen molar-refractivity contribution in [2.75, 3.05) is 39.6 Å². The number of phosphoric acid groups is 2. The lowest BCUT2D eigenvalue weighted by atomic mass is 10.1. The highest BCUT2D eigenvalue weighted by atomic mass is 31.2. The fraction of sp³-hybridized carbons (Fsp3) is 0.802. The van der Waals surface area contributed by atoms with E-state index in [0.29, 0.717) is 25.7 Å². The summed E-state index contributed by atoms with van der Waals surface area (Å²) in [4.78, 5) is 73.0. The number of carbonyl (C=O) groups excluding carboxylic acids is 4. The fourth-order valence-corrected chi connectivity index (χ4v) is 12.5. The maximum Gasteiger partial charge on any atom is 0.472 e. The molecule has 3 N–H and O–H groups in total. The molecule has 100 heavy (non-hydrogen) atoms. The Hall–Kier alpha value is -3.50. The van der Waals surface area contributed by atoms with E-state index >= 15 is 0 Å². The van der Waals surface area contributed by atoms with Crippen molar-refractivity contribution in [1.29, 1.82) is 0 Å². The Morgan fingerprint density at radius 2 is 0.490 bits per heavy atom. The number of ether oxygens (including phenoxy) is 4. The second-order valence-corrected chi connectivity index (χ2v) is 29.9. The number of rotatable bonds is 76. The van der Waals surface area contributed by atoms with Crippen molar-refractivity contribution in [1.82, 2.24) is 0 Å². The number of aliphatic hydroxyl groups is 1. The minimum Gasteiger partial charge on any atom is -0.462 e. The minimum atomic E-state index is -4.98. The molecule has 0 aliphatic heterocycles. The van der Waals surface area contributed by atoms with Crippen LogP contribution in [0.1, 0.15) is 362 Å². The summed E-state index contributed by atoms with van der Waals surface area (Å²) >= 11 is 0. The zero-order chi connectivity index (χ0) is 73.2. The summed E-state index contributed by atoms with van der Waals surface area (Å²) in [6.45, 7) is 4.82. The van der Waals surface area contributed by atoms with E-state index in [-0.39, 0.29) is 25.7 Å². The van der Waals surface area contributed by atoms with Gasteiger partial charge in [-0.3, -0.25) is 37.3 Å². The van der Waals surface area contributed by atoms with Gasteiger partial charge in [-0.2, -0.15) is 0 Å². The van der Waals surface area contributed by atoms with Crippen LogP contribution in [-0.4, -0.2) is 96.7 Å². The molecule has 0 spiro atoms. The Morgan fingerprint density at radius 3 is 0.770 bits per heavy atom. The smallest absolute Gasteiger partial charge is 0.462 e. The predicted molar refractivity (Wildman–Crippen MR) is 409 cm³/mol. The SMILES string of the molecule is CCCCC/C=C\C/C=C\CCCCCCCC(=O)OC[C@H](COP(=O)(O)OCC(O)COP(=O)(O)OC[C@@H](COC(=O)CCCCCCC/C=C\C/C=C\CCCCC)OC(=O)CCCCCCC/C=C\CCCCCCCC)OC(=O)CCCCCCC/C=C\CCCCCCCC. The molecule has 0 rings (SSSR count). The quantitative estimate of drug-likeness (QED) is 0.0169. The van der Waals surface area contributed by atoms with Gasteiger partial charge in [0.25, 0.3) is 0 Å². The lowest BCUT2D eigenvalue weighted by Gasteiger charge is -2.21. The number of carbonyl (C=O) groups is 4. The molecule has 0 aliphatic carbocycles. The normalized spacial score (nSPS) is 14.3. The molecule has 0 aromatic rings. The highest BCUT2D eigenvalue weighted by Crippen LogP contribution is 2.45. The standard InChI is InChI=1S/C81H146O17P2/c1-5-9-13-17-21-25-29-33-37-41-45-49-53-57-61-65-78(83)91-71-76(97-80(85)67-63-59-55-51-47-43-39-35-31-27-23-19-15-11-7-3)73-95-99(87,88)93-69-75(82)70-94-100(89,90)96-74-77(98-81(86)68-64-60-56-52-48-44-40-36-32-28-24-20-16-12-8-4)72-92-79(84)66-62-58-54-50-46-42-38-34-30-26-22-18-14-10-6-2/h21-22,25-26,33-40,75-77,82H,5-20,23-24,27-32,41-74H2,1-4H3,(H,87,88)(H,89,90)/b25-21-,26-22-,37-33-,38-34-,39-35-,40-36-/t76-,77-/m1/s1. The van der Waals surface area contributed by atoms with E-state index in [1.807, 2.05) is 0 Å². The maximum absolute atomic E-state index is 13.1. The molecule has 0 fully saturated rings. The molecule has 0 saturated heterocycles. The Kier molecular flexibility index (Phi) is 71.2. The predicted octanol–water partition coefficient (Wildman–Crippen LogP) is 23.2. The molecule has 17 nitrogen and oxygen atoms in total. The lowest BCUT2D eigenvalue weighted by molar-refractivity contribution is -0.161. The van der Waals surface area contributed by atoms with Crippen molar-refractivity contribution in [2.24, 2.45) is 0 Å². The third-order valence-electron chi connectivity index (χ3n) is 17.1. The van der Waals surface area contributed by atoms with Crippen LogP contribution >= 0.6 is 15.6 Å². The summed E-state index contributed by atoms with van der Waals surface area (Å²) < 4.78 is 68.6. The zero-order valence-electron chi connectivity index (χ0n) is 63.6. The minimum absolute atomic E-state index is 0.0844. The summed E-state index contributed by atoms with van der Waals surface area (Å²) in [5, 5.41) is 10.6. The molecule has 2 unspecified atom stereocenters. The summed E-state index contributed by atoms with van der Waals surface area (Å²) in [6, 6.07) is 0. The summed E-state index contributed by atoms with van der Waals surface area (Å²) in [5.41, 5.74) is 0. The van der Waals surface area contributed by atoms with Gasteiger partial charge in [0.2, 0.25) is 0 Å². The van der Waals surface area contributed by atoms with E-state index in [0.717, 1.165) is 167 Å². The molecular weight excluding hydrogens is 1310 g/mol. The molecule has 0 aliphatic rings. The van der Waals surface area contributed by atoms with Gasteiger partial charge in [-0.15, -0.1) is 0 Å². The van der Waals surface area contributed by atoms with Gasteiger partial charge in [-0.1, -0.05) is 268 Å². The average Bonchev–Trinajstić information content (AvgIpc) is 1.01. The molecule has 582 valence electrons. The largest absolute Gasteiger partial charge is 0.472 e. The number of phosphoric ester groups is 2. The molecule has 0 bridgehead atoms. The first kappa shape index (κ1) is 96.5. The number of esters is 4. The van der Waals surface area contributed by atoms with Crippen LogP contribution in [0.3, 0.4) is 0 Å². The maximum atomic E-state index is 13.1. The van der Waals surface area contributed by atoms with Crippen molar-refractivity contribution < 1.29 is 80.2 Å². The first-order valence-corrected chi connectivity index (χ1v) is 43.2. The van der Waals surface area contributed by atoms with E-state index in [1.54, 1.807) is 0 Å². The molecule has 0 radical (unpaired) electrons. The zero-order valence-corrected chi connectivity index (χ0v) is 65.4. The molecule has 0 aromatic heterocycles. The molecule has 0 saturated carbocycles. The van der Waals surface area contributed by atoms with Crippen molar-refractivity contribution >= 4 is 39.5 Å². The van der Waals surface area contributed by atoms with Gasteiger partial charge in [0.15, 0.2) is 12.2 Å². The van der Waals surface area contributed by atoms with Crippen LogP contribution < -0.4 is 0 Å². The number of unbranched alkanes of at least 4 members (excludes halogenated alkanes) is 38. The summed E-state index contributed by atoms with van der Waals surface area (Å²) in [6.07, 6.45) is 74.4. The Labute approximate surface area is 609 Å². The van der Waals surface area contributed by atoms with Gasteiger partial charge >= 0.3 is 39.5 Å². The molecule has 0 amide bonds. The molecule has 19 heteroatoms. The van der Waals surface area contributed by atoms with E-state index in [9.17, 15) is 43.2 Å². The van der Waals surface area contributed by atoms with Gasteiger partial charge in [0, 0.05) is 25.7 Å². The van der Waals surface area contributed by atoms with Gasteiger partial charge in [-0.25, -0.2) is 9.13 Å². The van der Waals surface area contributed by atoms with Crippen LogP contribution in [0.15, 0.2) is 72.9 Å². The lowest BCUT2D eigenvalue weighted by Crippen LogP contribution is -2.30. The molecule has 4 atom stereocenters. The van der Waals surface area contributed by atoms with Crippen LogP contribution in [0, 0.1) is 0 Å². The second-order valence-electron chi connectivity index (χ2n) is 27.0. The fourth-order valence-electron chi connectivity index (χ4n) is 10.9. The first-order chi connectivity index (χ1) is 48.7. The third kappa shape index (κ3) is 72.8. The van der Waals surface area contributed by atoms with Gasteiger partial charge in [0.05, 0.1) is 26.4 Å². The van der Waals surface area contributed by atoms with E-state index in [4.69, 9.17) is 37.0 Å². The first-order valence-electron chi connectivity index (χ1n) is 40.2. The van der Waals surface area contributed by atoms with Crippen LogP contribution in [0.4, 0.5) is 0 Å². The van der Waals surface area contributed by atoms with Crippen LogP contribution in [0.5, 0.6) is 0 Å². The number of aliphatic hydroxyl groups excluding tert-OH is 1. The van der Waals surface area contributed by atoms with Crippen LogP contribution in [0.2, 0.25) is 0 Å². The highest BCUT2D eigenvalue weighted by molar-refractivity contribution is 7.47. The van der Waals surface area contributed by atoms with Crippen molar-refractivity contribution in [3.05, 3.63) is 72.9 Å². The molecular formula is C81H146O17P2. The van der Waals surface area contributed by atoms with E-state index in [1.165, 1.54) is 116 Å². The topological polar surface area (TPSA) is 237 Å². The van der Waals surface area contributed by atoms with Gasteiger partial charge < -0.3 is 33.8 Å². The highest BCUT2D eigenvalue weighted by Gasteiger charge is 2.30. The van der Waals surface area contributed by atoms with E-state index < -0.39 is 97.5 Å². The Balaban J connectivity index is 5.37. The average molecular weight is 1450 g/mol. The number of hydrogen-bond donors (Lipinski definition) is 3. The molecule has 0 aromatic carbocycles. The summed E-state index contributed by atoms with van der Waals surface area (Å²) in [7, 11) is -9.96. The van der Waals surface area contributed by atoms with Crippen LogP contribution in [0.25, 0.3) is 0 Å². The third-order valence-corrected chi connectivity index (χ3v) is 19.0. The van der Waals surface area contributed by atoms with Crippen molar-refractivity contribution in [3.8, 4) is 0 Å². The summed E-state index contributed by atoms with van der Waals surface area (Å²) in [5.74, 6) is -2.20. The van der Waals surface area contributed by atoms with Gasteiger partial charge in [0.1, 0.15) is 19.3 Å². The van der Waals surface area contributed by atoms with Crippen LogP contribution in [-0.2, 0) is 65.4 Å². The molecule has 0 heterocycles. The number of allylic oxidation sites excluding steroid dienone is 12. The van der Waals surface area contributed by atoms with E-state index in [2.05, 4.69) is 101 Å². The van der Waals surface area contributed by atoms with Crippen molar-refractivity contribution in [2.45, 2.75) is 380 Å². The monoisotopic (exact) mass is 1450 g/mol. The Bertz CT molecular complexity index is 2030. The Morgan fingerprint density at radius 1 is 0.280 bits per heavy atom. The van der Waals surface area contributed by atoms with Gasteiger partial charge in [-0.05, 0) is 141 Å².